The number of benzene rings is 1. The molecule has 1 heterocycles. The molecule has 0 aromatic heterocycles. The highest BCUT2D eigenvalue weighted by Crippen LogP contribution is 2.38. The smallest absolute Gasteiger partial charge is 0.110 e. The first kappa shape index (κ1) is 9.69. The van der Waals surface area contributed by atoms with Crippen molar-refractivity contribution in [1.82, 2.24) is 5.32 Å². The van der Waals surface area contributed by atoms with E-state index in [2.05, 4.69) is 31.3 Å². The van der Waals surface area contributed by atoms with Crippen LogP contribution < -0.4 is 5.32 Å². The molecule has 1 aliphatic rings. The summed E-state index contributed by atoms with van der Waals surface area (Å²) in [7, 11) is 0. The van der Waals surface area contributed by atoms with Crippen molar-refractivity contribution in [3.8, 4) is 0 Å². The number of hydrogen-bond donors (Lipinski definition) is 2. The van der Waals surface area contributed by atoms with Crippen LogP contribution in [0.3, 0.4) is 0 Å². The zero-order chi connectivity index (χ0) is 10.2. The molecule has 1 aromatic rings. The van der Waals surface area contributed by atoms with Crippen molar-refractivity contribution in [2.75, 3.05) is 0 Å². The SMILES string of the molecule is CC1(C)CC(c2ccccc2)NC1O. The van der Waals surface area contributed by atoms with E-state index >= 15 is 0 Å². The minimum Gasteiger partial charge on any atom is -0.378 e. The Bertz CT molecular complexity index is 307. The van der Waals surface area contributed by atoms with Gasteiger partial charge in [0.2, 0.25) is 0 Å². The van der Waals surface area contributed by atoms with Gasteiger partial charge in [0.15, 0.2) is 0 Å². The van der Waals surface area contributed by atoms with E-state index in [0.717, 1.165) is 6.42 Å². The number of aliphatic hydroxyl groups is 1. The molecule has 1 aliphatic heterocycles. The Morgan fingerprint density at radius 1 is 1.29 bits per heavy atom. The summed E-state index contributed by atoms with van der Waals surface area (Å²) in [6.07, 6.45) is 0.589. The van der Waals surface area contributed by atoms with Crippen molar-refractivity contribution >= 4 is 0 Å². The molecule has 0 aliphatic carbocycles. The van der Waals surface area contributed by atoms with Gasteiger partial charge in [-0.1, -0.05) is 44.2 Å². The van der Waals surface area contributed by atoms with E-state index in [1.165, 1.54) is 5.56 Å². The third kappa shape index (κ3) is 1.68. The van der Waals surface area contributed by atoms with Crippen LogP contribution >= 0.6 is 0 Å². The molecule has 0 saturated carbocycles. The van der Waals surface area contributed by atoms with Gasteiger partial charge in [-0.05, 0) is 12.0 Å². The average Bonchev–Trinajstić information content (AvgIpc) is 2.43. The summed E-state index contributed by atoms with van der Waals surface area (Å²) in [5.74, 6) is 0. The molecule has 0 bridgehead atoms. The van der Waals surface area contributed by atoms with Crippen molar-refractivity contribution in [3.05, 3.63) is 35.9 Å². The summed E-state index contributed by atoms with van der Waals surface area (Å²) < 4.78 is 0. The molecule has 76 valence electrons. The average molecular weight is 191 g/mol. The largest absolute Gasteiger partial charge is 0.378 e. The second-order valence-corrected chi connectivity index (χ2v) is 4.73. The Kier molecular flexibility index (Phi) is 2.33. The second kappa shape index (κ2) is 3.37. The molecule has 0 amide bonds. The Hall–Kier alpha value is -0.860. The molecular weight excluding hydrogens is 174 g/mol. The maximum absolute atomic E-state index is 9.78. The predicted octanol–water partition coefficient (Wildman–Crippen LogP) is 2.07. The van der Waals surface area contributed by atoms with Gasteiger partial charge in [-0.2, -0.15) is 0 Å². The lowest BCUT2D eigenvalue weighted by Crippen LogP contribution is -2.32. The van der Waals surface area contributed by atoms with Crippen LogP contribution in [0, 0.1) is 5.41 Å². The third-order valence-electron chi connectivity index (χ3n) is 3.03. The zero-order valence-electron chi connectivity index (χ0n) is 8.70. The summed E-state index contributed by atoms with van der Waals surface area (Å²) in [4.78, 5) is 0. The highest BCUT2D eigenvalue weighted by Gasteiger charge is 2.39. The fourth-order valence-electron chi connectivity index (χ4n) is 2.01. The van der Waals surface area contributed by atoms with Gasteiger partial charge in [0, 0.05) is 11.5 Å². The van der Waals surface area contributed by atoms with Crippen LogP contribution in [-0.4, -0.2) is 11.3 Å². The van der Waals surface area contributed by atoms with Crippen LogP contribution in [0.5, 0.6) is 0 Å². The first-order chi connectivity index (χ1) is 6.59. The van der Waals surface area contributed by atoms with Gasteiger partial charge in [-0.15, -0.1) is 0 Å². The second-order valence-electron chi connectivity index (χ2n) is 4.73. The van der Waals surface area contributed by atoms with Gasteiger partial charge < -0.3 is 5.11 Å². The standard InChI is InChI=1S/C12H17NO/c1-12(2)8-10(13-11(12)14)9-6-4-3-5-7-9/h3-7,10-11,13-14H,8H2,1-2H3. The molecule has 2 atom stereocenters. The molecule has 1 saturated heterocycles. The first-order valence-corrected chi connectivity index (χ1v) is 5.09. The van der Waals surface area contributed by atoms with Gasteiger partial charge in [0.25, 0.3) is 0 Å². The van der Waals surface area contributed by atoms with E-state index in [4.69, 9.17) is 0 Å². The van der Waals surface area contributed by atoms with Crippen molar-refractivity contribution < 1.29 is 5.11 Å². The topological polar surface area (TPSA) is 32.3 Å². The van der Waals surface area contributed by atoms with Crippen LogP contribution in [0.1, 0.15) is 31.9 Å². The van der Waals surface area contributed by atoms with Gasteiger partial charge in [0.05, 0.1) is 0 Å². The summed E-state index contributed by atoms with van der Waals surface area (Å²) >= 11 is 0. The van der Waals surface area contributed by atoms with Crippen molar-refractivity contribution in [2.24, 2.45) is 5.41 Å². The number of aliphatic hydroxyl groups excluding tert-OH is 1. The maximum atomic E-state index is 9.78. The number of nitrogens with one attached hydrogen (secondary N) is 1. The minimum absolute atomic E-state index is 0.0273. The zero-order valence-corrected chi connectivity index (χ0v) is 8.70. The van der Waals surface area contributed by atoms with Crippen molar-refractivity contribution in [1.29, 1.82) is 0 Å². The summed E-state index contributed by atoms with van der Waals surface area (Å²) in [5, 5.41) is 13.0. The molecule has 2 unspecified atom stereocenters. The molecule has 0 spiro atoms. The maximum Gasteiger partial charge on any atom is 0.110 e. The molecule has 2 heteroatoms. The summed E-state index contributed by atoms with van der Waals surface area (Å²) in [5.41, 5.74) is 1.23. The Morgan fingerprint density at radius 2 is 1.93 bits per heavy atom. The number of rotatable bonds is 1. The fourth-order valence-corrected chi connectivity index (χ4v) is 2.01. The lowest BCUT2D eigenvalue weighted by atomic mass is 9.87. The van der Waals surface area contributed by atoms with Crippen LogP contribution in [0.15, 0.2) is 30.3 Å². The lowest BCUT2D eigenvalue weighted by molar-refractivity contribution is 0.0617. The van der Waals surface area contributed by atoms with Crippen molar-refractivity contribution in [2.45, 2.75) is 32.5 Å². The lowest BCUT2D eigenvalue weighted by Gasteiger charge is -2.20. The molecule has 1 aromatic carbocycles. The van der Waals surface area contributed by atoms with E-state index < -0.39 is 6.23 Å². The fraction of sp³-hybridized carbons (Fsp3) is 0.500. The molecular formula is C12H17NO. The normalized spacial score (nSPS) is 30.5. The van der Waals surface area contributed by atoms with Gasteiger partial charge in [0.1, 0.15) is 6.23 Å². The van der Waals surface area contributed by atoms with E-state index in [9.17, 15) is 5.11 Å². The molecule has 2 N–H and O–H groups in total. The third-order valence-corrected chi connectivity index (χ3v) is 3.03. The molecule has 1 fully saturated rings. The minimum atomic E-state index is -0.396. The Balaban J connectivity index is 2.17. The van der Waals surface area contributed by atoms with E-state index in [1.807, 2.05) is 18.2 Å². The van der Waals surface area contributed by atoms with Gasteiger partial charge >= 0.3 is 0 Å². The van der Waals surface area contributed by atoms with E-state index in [1.54, 1.807) is 0 Å². The molecule has 0 radical (unpaired) electrons. The van der Waals surface area contributed by atoms with Crippen LogP contribution in [0.4, 0.5) is 0 Å². The molecule has 2 nitrogen and oxygen atoms in total. The summed E-state index contributed by atoms with van der Waals surface area (Å²) in [6, 6.07) is 10.6. The van der Waals surface area contributed by atoms with E-state index in [-0.39, 0.29) is 5.41 Å². The predicted molar refractivity (Wildman–Crippen MR) is 56.7 cm³/mol. The molecule has 14 heavy (non-hydrogen) atoms. The quantitative estimate of drug-likeness (QED) is 0.712. The van der Waals surface area contributed by atoms with Crippen molar-refractivity contribution in [3.63, 3.8) is 0 Å². The van der Waals surface area contributed by atoms with Gasteiger partial charge in [-0.3, -0.25) is 5.32 Å². The Morgan fingerprint density at radius 3 is 2.43 bits per heavy atom. The molecule has 2 rings (SSSR count). The van der Waals surface area contributed by atoms with Crippen LogP contribution in [0.25, 0.3) is 0 Å². The van der Waals surface area contributed by atoms with Crippen LogP contribution in [0.2, 0.25) is 0 Å². The highest BCUT2D eigenvalue weighted by atomic mass is 16.3. The van der Waals surface area contributed by atoms with Gasteiger partial charge in [-0.25, -0.2) is 0 Å². The monoisotopic (exact) mass is 191 g/mol. The van der Waals surface area contributed by atoms with Crippen LogP contribution in [-0.2, 0) is 0 Å². The first-order valence-electron chi connectivity index (χ1n) is 5.09. The number of hydrogen-bond acceptors (Lipinski definition) is 2. The summed E-state index contributed by atoms with van der Waals surface area (Å²) in [6.45, 7) is 4.18. The van der Waals surface area contributed by atoms with E-state index in [0.29, 0.717) is 6.04 Å². The highest BCUT2D eigenvalue weighted by molar-refractivity contribution is 5.20. The Labute approximate surface area is 85.0 Å².